The van der Waals surface area contributed by atoms with Gasteiger partial charge >= 0.3 is 12.4 Å². The number of halogens is 7. The SMILES string of the molecule is [2H]C(C[C@@H](C)[C@H]1CC[C@H]2[C@@H]3CC=C4C[C@@H](O)CC[C@]4(C)[C@H]3CC[C@]12C)CC(F)(C(F)(F)F)C(F)(F)F. The summed E-state index contributed by atoms with van der Waals surface area (Å²) in [5, 5.41) is 10.2. The van der Waals surface area contributed by atoms with Gasteiger partial charge in [-0.05, 0) is 105 Å². The van der Waals surface area contributed by atoms with Gasteiger partial charge in [0.25, 0.3) is 5.67 Å². The molecular formula is C27H39F7O. The van der Waals surface area contributed by atoms with Crippen LogP contribution in [0.5, 0.6) is 0 Å². The van der Waals surface area contributed by atoms with Gasteiger partial charge in [0.2, 0.25) is 0 Å². The van der Waals surface area contributed by atoms with Gasteiger partial charge in [-0.15, -0.1) is 0 Å². The molecule has 0 saturated heterocycles. The van der Waals surface area contributed by atoms with Gasteiger partial charge in [-0.3, -0.25) is 0 Å². The van der Waals surface area contributed by atoms with E-state index in [2.05, 4.69) is 19.9 Å². The highest BCUT2D eigenvalue weighted by Crippen LogP contribution is 2.67. The average Bonchev–Trinajstić information content (AvgIpc) is 3.10. The molecule has 0 bridgehead atoms. The summed E-state index contributed by atoms with van der Waals surface area (Å²) < 4.78 is 100. The molecule has 1 N–H and O–H groups in total. The maximum atomic E-state index is 14.2. The number of aliphatic hydroxyl groups excluding tert-OH is 1. The minimum absolute atomic E-state index is 0.0824. The molecule has 0 amide bonds. The van der Waals surface area contributed by atoms with Crippen molar-refractivity contribution in [2.24, 2.45) is 40.4 Å². The fraction of sp³-hybridized carbons (Fsp3) is 0.926. The van der Waals surface area contributed by atoms with Gasteiger partial charge < -0.3 is 5.11 Å². The predicted octanol–water partition coefficient (Wildman–Crippen LogP) is 8.57. The summed E-state index contributed by atoms with van der Waals surface area (Å²) in [6, 6.07) is 0. The second-order valence-electron chi connectivity index (χ2n) is 12.4. The minimum atomic E-state index is -6.10. The predicted molar refractivity (Wildman–Crippen MR) is 120 cm³/mol. The molecule has 0 aliphatic heterocycles. The zero-order valence-electron chi connectivity index (χ0n) is 21.8. The van der Waals surface area contributed by atoms with Gasteiger partial charge in [0, 0.05) is 1.37 Å². The van der Waals surface area contributed by atoms with Crippen LogP contribution in [-0.4, -0.2) is 29.2 Å². The van der Waals surface area contributed by atoms with E-state index in [1.807, 2.05) is 6.92 Å². The van der Waals surface area contributed by atoms with Crippen LogP contribution in [0.4, 0.5) is 30.7 Å². The largest absolute Gasteiger partial charge is 0.431 e. The van der Waals surface area contributed by atoms with Gasteiger partial charge in [-0.25, -0.2) is 4.39 Å². The third-order valence-electron chi connectivity index (χ3n) is 10.7. The summed E-state index contributed by atoms with van der Waals surface area (Å²) in [5.41, 5.74) is -3.99. The first-order valence-electron chi connectivity index (χ1n) is 13.6. The molecule has 202 valence electrons. The zero-order valence-corrected chi connectivity index (χ0v) is 20.8. The first-order valence-corrected chi connectivity index (χ1v) is 13.1. The van der Waals surface area contributed by atoms with Crippen molar-refractivity contribution >= 4 is 0 Å². The van der Waals surface area contributed by atoms with Gasteiger partial charge in [-0.1, -0.05) is 38.8 Å². The molecule has 1 nitrogen and oxygen atoms in total. The Bertz CT molecular complexity index is 840. The lowest BCUT2D eigenvalue weighted by molar-refractivity contribution is -0.343. The summed E-state index contributed by atoms with van der Waals surface area (Å²) in [5.74, 6) is 1.24. The second kappa shape index (κ2) is 8.90. The lowest BCUT2D eigenvalue weighted by Crippen LogP contribution is -2.53. The normalized spacial score (nSPS) is 42.3. The van der Waals surface area contributed by atoms with E-state index in [-0.39, 0.29) is 35.2 Å². The van der Waals surface area contributed by atoms with Crippen molar-refractivity contribution in [1.29, 1.82) is 0 Å². The quantitative estimate of drug-likeness (QED) is 0.288. The number of rotatable bonds is 5. The second-order valence-corrected chi connectivity index (χ2v) is 12.4. The highest BCUT2D eigenvalue weighted by molar-refractivity contribution is 5.25. The van der Waals surface area contributed by atoms with Gasteiger partial charge in [0.05, 0.1) is 6.10 Å². The van der Waals surface area contributed by atoms with E-state index in [0.717, 1.165) is 51.4 Å². The van der Waals surface area contributed by atoms with Crippen LogP contribution >= 0.6 is 0 Å². The van der Waals surface area contributed by atoms with Crippen LogP contribution in [0.15, 0.2) is 11.6 Å². The van der Waals surface area contributed by atoms with E-state index >= 15 is 0 Å². The van der Waals surface area contributed by atoms with Crippen LogP contribution in [0.1, 0.15) is 92.7 Å². The number of aliphatic hydroxyl groups is 1. The minimum Gasteiger partial charge on any atom is -0.393 e. The molecule has 0 spiro atoms. The average molecular weight is 514 g/mol. The first kappa shape index (κ1) is 25.8. The summed E-state index contributed by atoms with van der Waals surface area (Å²) in [7, 11) is 0. The summed E-state index contributed by atoms with van der Waals surface area (Å²) in [6.07, 6.45) is -6.83. The molecular weight excluding hydrogens is 473 g/mol. The molecule has 35 heavy (non-hydrogen) atoms. The summed E-state index contributed by atoms with van der Waals surface area (Å²) in [6.45, 7) is 6.36. The maximum absolute atomic E-state index is 14.2. The van der Waals surface area contributed by atoms with E-state index in [4.69, 9.17) is 1.37 Å². The Kier molecular flexibility index (Phi) is 6.57. The zero-order chi connectivity index (χ0) is 26.9. The van der Waals surface area contributed by atoms with Crippen LogP contribution in [0.2, 0.25) is 0 Å². The fourth-order valence-corrected chi connectivity index (χ4v) is 8.72. The van der Waals surface area contributed by atoms with Gasteiger partial charge in [0.1, 0.15) is 0 Å². The molecule has 0 aromatic rings. The lowest BCUT2D eigenvalue weighted by Gasteiger charge is -2.58. The van der Waals surface area contributed by atoms with E-state index in [1.54, 1.807) is 0 Å². The first-order chi connectivity index (χ1) is 16.4. The molecule has 4 rings (SSSR count). The van der Waals surface area contributed by atoms with Gasteiger partial charge in [-0.2, -0.15) is 26.3 Å². The smallest absolute Gasteiger partial charge is 0.393 e. The van der Waals surface area contributed by atoms with Crippen molar-refractivity contribution in [2.75, 3.05) is 0 Å². The Morgan fingerprint density at radius 3 is 2.29 bits per heavy atom. The van der Waals surface area contributed by atoms with Gasteiger partial charge in [0.15, 0.2) is 0 Å². The summed E-state index contributed by atoms with van der Waals surface area (Å²) >= 11 is 0. The third kappa shape index (κ3) is 4.35. The molecule has 0 aromatic heterocycles. The Labute approximate surface area is 205 Å². The Hall–Kier alpha value is -0.790. The molecule has 0 aromatic carbocycles. The molecule has 0 radical (unpaired) electrons. The standard InChI is InChI=1S/C27H39F7O/c1-16(5-4-12-25(28,26(29,30)31)27(32,33)34)20-8-9-21-19-7-6-17-15-18(35)10-13-23(17,2)22(19)11-14-24(20,21)3/h6,16,18-22,35H,4-5,7-15H2,1-3H3/t16-,18+,19+,20-,21+,22+,23+,24-/m1/s1/i4D/t4?,16-,18+,19+,20-,21+,22+,23+,24-. The number of hydrogen-bond acceptors (Lipinski definition) is 1. The highest BCUT2D eigenvalue weighted by Gasteiger charge is 2.71. The van der Waals surface area contributed by atoms with Crippen molar-refractivity contribution in [1.82, 2.24) is 0 Å². The molecule has 1 unspecified atom stereocenters. The Morgan fingerprint density at radius 2 is 1.66 bits per heavy atom. The molecule has 0 heterocycles. The van der Waals surface area contributed by atoms with Crippen LogP contribution in [0.3, 0.4) is 0 Å². The topological polar surface area (TPSA) is 20.2 Å². The van der Waals surface area contributed by atoms with E-state index in [9.17, 15) is 35.8 Å². The van der Waals surface area contributed by atoms with E-state index < -0.39 is 30.8 Å². The van der Waals surface area contributed by atoms with Crippen LogP contribution in [-0.2, 0) is 0 Å². The van der Waals surface area contributed by atoms with Crippen molar-refractivity contribution in [3.8, 4) is 0 Å². The summed E-state index contributed by atoms with van der Waals surface area (Å²) in [4.78, 5) is 0. The third-order valence-corrected chi connectivity index (χ3v) is 10.7. The molecule has 3 fully saturated rings. The van der Waals surface area contributed by atoms with Crippen LogP contribution < -0.4 is 0 Å². The molecule has 3 saturated carbocycles. The number of fused-ring (bicyclic) bond motifs is 5. The van der Waals surface area contributed by atoms with E-state index in [0.29, 0.717) is 17.8 Å². The lowest BCUT2D eigenvalue weighted by atomic mass is 9.47. The number of alkyl halides is 7. The molecule has 8 heteroatoms. The fourth-order valence-electron chi connectivity index (χ4n) is 8.72. The molecule has 4 aliphatic carbocycles. The van der Waals surface area contributed by atoms with Crippen molar-refractivity contribution < 1.29 is 37.2 Å². The van der Waals surface area contributed by atoms with Crippen LogP contribution in [0.25, 0.3) is 0 Å². The van der Waals surface area contributed by atoms with Crippen LogP contribution in [0, 0.1) is 40.4 Å². The highest BCUT2D eigenvalue weighted by atomic mass is 19.4. The number of hydrogen-bond donors (Lipinski definition) is 1. The number of allylic oxidation sites excluding steroid dienone is 1. The maximum Gasteiger partial charge on any atom is 0.431 e. The molecule has 4 aliphatic rings. The van der Waals surface area contributed by atoms with Crippen molar-refractivity contribution in [3.05, 3.63) is 11.6 Å². The monoisotopic (exact) mass is 513 g/mol. The van der Waals surface area contributed by atoms with E-state index in [1.165, 1.54) is 5.57 Å². The van der Waals surface area contributed by atoms with Crippen molar-refractivity contribution in [2.45, 2.75) is 116 Å². The Morgan fingerprint density at radius 1 is 1.00 bits per heavy atom. The Balaban J connectivity index is 1.47. The van der Waals surface area contributed by atoms with Crippen molar-refractivity contribution in [3.63, 3.8) is 0 Å². The molecule has 9 atom stereocenters.